The van der Waals surface area contributed by atoms with Gasteiger partial charge in [-0.25, -0.2) is 18.8 Å². The Kier molecular flexibility index (Phi) is 7.93. The lowest BCUT2D eigenvalue weighted by Gasteiger charge is -2.19. The largest absolute Gasteiger partial charge is 0.485 e. The van der Waals surface area contributed by atoms with Gasteiger partial charge in [0.1, 0.15) is 28.9 Å². The summed E-state index contributed by atoms with van der Waals surface area (Å²) >= 11 is 6.36. The Morgan fingerprint density at radius 2 is 1.89 bits per heavy atom. The lowest BCUT2D eigenvalue weighted by molar-refractivity contribution is 0.292. The van der Waals surface area contributed by atoms with Crippen LogP contribution in [-0.4, -0.2) is 20.7 Å². The summed E-state index contributed by atoms with van der Waals surface area (Å²) in [6, 6.07) is 2.28. The highest BCUT2D eigenvalue weighted by Crippen LogP contribution is 2.29. The Balaban J connectivity index is 1.99. The molecule has 0 aliphatic heterocycles. The van der Waals surface area contributed by atoms with Crippen LogP contribution in [0.2, 0.25) is 5.02 Å². The second-order valence-corrected chi connectivity index (χ2v) is 9.74. The lowest BCUT2D eigenvalue weighted by atomic mass is 9.92. The molecule has 0 radical (unpaired) electrons. The molecule has 0 saturated heterocycles. The summed E-state index contributed by atoms with van der Waals surface area (Å²) in [5, 5.41) is -0.190. The van der Waals surface area contributed by atoms with E-state index in [4.69, 9.17) is 22.1 Å². The fourth-order valence-corrected chi connectivity index (χ4v) is 3.58. The first-order chi connectivity index (χ1) is 16.8. The van der Waals surface area contributed by atoms with Crippen molar-refractivity contribution in [3.63, 3.8) is 0 Å². The number of nitrogens with two attached hydrogens (primary N) is 1. The minimum atomic E-state index is -0.855. The third-order valence-electron chi connectivity index (χ3n) is 5.53. The molecule has 10 heteroatoms. The molecule has 0 aromatic carbocycles. The predicted octanol–water partition coefficient (Wildman–Crippen LogP) is 5.65. The highest BCUT2D eigenvalue weighted by molar-refractivity contribution is 6.31. The third-order valence-corrected chi connectivity index (χ3v) is 5.88. The van der Waals surface area contributed by atoms with Gasteiger partial charge in [-0.05, 0) is 32.4 Å². The SMILES string of the molecule is Cc1cnc(N=CC=C(N)C(C)(C)C)c(C)c1-n1c(C)cc(OCc2ncc(F)cc2F)c(Cl)c1=O. The van der Waals surface area contributed by atoms with Crippen LogP contribution in [0.5, 0.6) is 5.75 Å². The monoisotopic (exact) mass is 515 g/mol. The first-order valence-electron chi connectivity index (χ1n) is 11.1. The average Bonchev–Trinajstić information content (AvgIpc) is 2.79. The van der Waals surface area contributed by atoms with Crippen molar-refractivity contribution >= 4 is 23.6 Å². The number of aromatic nitrogens is 3. The number of aryl methyl sites for hydroxylation is 2. The molecule has 0 fully saturated rings. The molecule has 0 amide bonds. The fourth-order valence-electron chi connectivity index (χ4n) is 3.39. The van der Waals surface area contributed by atoms with Gasteiger partial charge in [0.2, 0.25) is 0 Å². The topological polar surface area (TPSA) is 95.4 Å². The van der Waals surface area contributed by atoms with E-state index in [-0.39, 0.29) is 28.5 Å². The third kappa shape index (κ3) is 5.79. The molecular formula is C26H28ClF2N5O2. The Morgan fingerprint density at radius 1 is 1.19 bits per heavy atom. The van der Waals surface area contributed by atoms with E-state index in [1.165, 1.54) is 4.57 Å². The van der Waals surface area contributed by atoms with Crippen molar-refractivity contribution in [1.29, 1.82) is 0 Å². The maximum absolute atomic E-state index is 13.9. The van der Waals surface area contributed by atoms with Crippen molar-refractivity contribution in [3.05, 3.63) is 85.8 Å². The normalized spacial score (nSPS) is 12.4. The molecule has 0 aliphatic carbocycles. The Bertz CT molecular complexity index is 1430. The fraction of sp³-hybridized carbons (Fsp3) is 0.308. The van der Waals surface area contributed by atoms with Crippen molar-refractivity contribution in [2.45, 2.75) is 48.1 Å². The highest BCUT2D eigenvalue weighted by Gasteiger charge is 2.19. The van der Waals surface area contributed by atoms with Crippen molar-refractivity contribution in [1.82, 2.24) is 14.5 Å². The highest BCUT2D eigenvalue weighted by atomic mass is 35.5. The summed E-state index contributed by atoms with van der Waals surface area (Å²) < 4.78 is 34.0. The molecule has 3 rings (SSSR count). The van der Waals surface area contributed by atoms with Crippen LogP contribution in [-0.2, 0) is 6.61 Å². The van der Waals surface area contributed by atoms with Crippen LogP contribution >= 0.6 is 11.6 Å². The van der Waals surface area contributed by atoms with Gasteiger partial charge in [-0.2, -0.15) is 0 Å². The zero-order valence-electron chi connectivity index (χ0n) is 21.0. The summed E-state index contributed by atoms with van der Waals surface area (Å²) in [5.41, 5.74) is 8.44. The summed E-state index contributed by atoms with van der Waals surface area (Å²) in [7, 11) is 0. The zero-order chi connectivity index (χ0) is 26.8. The standard InChI is InChI=1S/C26H28ClF2N5O2/c1-14-11-33-24(31-8-7-21(30)26(4,5)6)16(3)23(14)34-15(2)9-20(22(27)25(34)35)36-13-19-18(29)10-17(28)12-32-19/h7-12H,13,30H2,1-6H3. The van der Waals surface area contributed by atoms with E-state index in [1.807, 2.05) is 34.6 Å². The number of rotatable bonds is 6. The maximum atomic E-state index is 13.9. The molecule has 7 nitrogen and oxygen atoms in total. The van der Waals surface area contributed by atoms with Crippen molar-refractivity contribution in [2.24, 2.45) is 16.1 Å². The number of halogens is 3. The van der Waals surface area contributed by atoms with Crippen LogP contribution in [0.4, 0.5) is 14.6 Å². The number of hydrogen-bond donors (Lipinski definition) is 1. The summed E-state index contributed by atoms with van der Waals surface area (Å²) in [5.74, 6) is -1.17. The summed E-state index contributed by atoms with van der Waals surface area (Å²) in [4.78, 5) is 25.8. The zero-order valence-corrected chi connectivity index (χ0v) is 21.7. The summed E-state index contributed by atoms with van der Waals surface area (Å²) in [6.45, 7) is 11.0. The molecule has 36 heavy (non-hydrogen) atoms. The van der Waals surface area contributed by atoms with Gasteiger partial charge in [0.05, 0.1) is 11.9 Å². The van der Waals surface area contributed by atoms with E-state index in [0.717, 1.165) is 11.8 Å². The van der Waals surface area contributed by atoms with Crippen LogP contribution < -0.4 is 16.0 Å². The molecule has 0 unspecified atom stereocenters. The van der Waals surface area contributed by atoms with E-state index in [1.54, 1.807) is 31.5 Å². The quantitative estimate of drug-likeness (QED) is 0.428. The molecule has 0 spiro atoms. The average molecular weight is 516 g/mol. The number of aliphatic imine (C=N–C) groups is 1. The van der Waals surface area contributed by atoms with Gasteiger partial charge in [0.15, 0.2) is 11.6 Å². The van der Waals surface area contributed by atoms with Crippen LogP contribution in [0, 0.1) is 37.8 Å². The Hall–Kier alpha value is -3.59. The van der Waals surface area contributed by atoms with Crippen molar-refractivity contribution < 1.29 is 13.5 Å². The lowest BCUT2D eigenvalue weighted by Crippen LogP contribution is -2.23. The summed E-state index contributed by atoms with van der Waals surface area (Å²) in [6.07, 6.45) is 5.81. The van der Waals surface area contributed by atoms with E-state index in [9.17, 15) is 13.6 Å². The number of nitrogens with zero attached hydrogens (tertiary/aromatic N) is 4. The van der Waals surface area contributed by atoms with Gasteiger partial charge in [0.25, 0.3) is 5.56 Å². The molecule has 0 saturated carbocycles. The second-order valence-electron chi connectivity index (χ2n) is 9.36. The molecule has 3 heterocycles. The van der Waals surface area contributed by atoms with Crippen LogP contribution in [0.15, 0.2) is 46.1 Å². The minimum absolute atomic E-state index is 0.0614. The van der Waals surface area contributed by atoms with Crippen LogP contribution in [0.25, 0.3) is 5.69 Å². The minimum Gasteiger partial charge on any atom is -0.485 e. The van der Waals surface area contributed by atoms with Gasteiger partial charge in [-0.15, -0.1) is 0 Å². The number of pyridine rings is 3. The Labute approximate surface area is 213 Å². The molecule has 0 aliphatic rings. The van der Waals surface area contributed by atoms with Crippen LogP contribution in [0.1, 0.15) is 43.3 Å². The molecule has 3 aromatic heterocycles. The molecule has 2 N–H and O–H groups in total. The van der Waals surface area contributed by atoms with Crippen LogP contribution in [0.3, 0.4) is 0 Å². The van der Waals surface area contributed by atoms with Gasteiger partial charge in [0, 0.05) is 46.9 Å². The first kappa shape index (κ1) is 27.0. The molecule has 0 atom stereocenters. The molecule has 190 valence electrons. The number of allylic oxidation sites excluding steroid dienone is 2. The molecule has 3 aromatic rings. The van der Waals surface area contributed by atoms with Crippen molar-refractivity contribution in [2.75, 3.05) is 0 Å². The van der Waals surface area contributed by atoms with Gasteiger partial charge in [-0.3, -0.25) is 14.3 Å². The predicted molar refractivity (Wildman–Crippen MR) is 137 cm³/mol. The molecule has 0 bridgehead atoms. The second kappa shape index (κ2) is 10.6. The van der Waals surface area contributed by atoms with Gasteiger partial charge >= 0.3 is 0 Å². The Morgan fingerprint density at radius 3 is 2.53 bits per heavy atom. The van der Waals surface area contributed by atoms with Crippen molar-refractivity contribution in [3.8, 4) is 11.4 Å². The molecular weight excluding hydrogens is 488 g/mol. The van der Waals surface area contributed by atoms with Gasteiger partial charge in [-0.1, -0.05) is 32.4 Å². The smallest absolute Gasteiger partial charge is 0.277 e. The van der Waals surface area contributed by atoms with Gasteiger partial charge < -0.3 is 10.5 Å². The van der Waals surface area contributed by atoms with E-state index < -0.39 is 17.2 Å². The van der Waals surface area contributed by atoms with E-state index >= 15 is 0 Å². The van der Waals surface area contributed by atoms with E-state index in [2.05, 4.69) is 15.0 Å². The number of hydrogen-bond acceptors (Lipinski definition) is 6. The number of ether oxygens (including phenoxy) is 1. The first-order valence-corrected chi connectivity index (χ1v) is 11.5. The van der Waals surface area contributed by atoms with E-state index in [0.29, 0.717) is 34.5 Å². The maximum Gasteiger partial charge on any atom is 0.277 e.